The van der Waals surface area contributed by atoms with E-state index in [1.54, 1.807) is 0 Å². The fourth-order valence-corrected chi connectivity index (χ4v) is 2.56. The molecule has 1 aliphatic heterocycles. The molecule has 1 fully saturated rings. The first-order valence-corrected chi connectivity index (χ1v) is 7.25. The van der Waals surface area contributed by atoms with E-state index < -0.39 is 0 Å². The van der Waals surface area contributed by atoms with Gasteiger partial charge in [-0.05, 0) is 36.5 Å². The van der Waals surface area contributed by atoms with Crippen molar-refractivity contribution >= 4 is 0 Å². The summed E-state index contributed by atoms with van der Waals surface area (Å²) in [5.41, 5.74) is 0.423. The molecule has 1 heterocycles. The molecule has 0 saturated carbocycles. The van der Waals surface area contributed by atoms with Gasteiger partial charge in [0, 0.05) is 25.8 Å². The summed E-state index contributed by atoms with van der Waals surface area (Å²) in [5.74, 6) is 1.60. The Balaban J connectivity index is 2.50. The quantitative estimate of drug-likeness (QED) is 0.769. The van der Waals surface area contributed by atoms with Crippen LogP contribution in [0.15, 0.2) is 0 Å². The highest BCUT2D eigenvalue weighted by molar-refractivity contribution is 4.84. The fraction of sp³-hybridized carbons (Fsp3) is 1.00. The Morgan fingerprint density at radius 2 is 1.76 bits per heavy atom. The molecule has 0 aromatic rings. The van der Waals surface area contributed by atoms with Gasteiger partial charge < -0.3 is 10.1 Å². The number of hydrogen-bond donors (Lipinski definition) is 1. The molecular weight excluding hydrogens is 210 g/mol. The minimum atomic E-state index is 0.423. The fourth-order valence-electron chi connectivity index (χ4n) is 2.56. The van der Waals surface area contributed by atoms with E-state index >= 15 is 0 Å². The van der Waals surface area contributed by atoms with Crippen LogP contribution < -0.4 is 5.32 Å². The van der Waals surface area contributed by atoms with Crippen molar-refractivity contribution in [2.45, 2.75) is 59.9 Å². The summed E-state index contributed by atoms with van der Waals surface area (Å²) < 4.78 is 5.46. The van der Waals surface area contributed by atoms with Gasteiger partial charge in [0.05, 0.1) is 0 Å². The molecule has 1 N–H and O–H groups in total. The minimum absolute atomic E-state index is 0.423. The Morgan fingerprint density at radius 3 is 2.24 bits per heavy atom. The molecule has 17 heavy (non-hydrogen) atoms. The van der Waals surface area contributed by atoms with E-state index in [1.165, 1.54) is 19.3 Å². The summed E-state index contributed by atoms with van der Waals surface area (Å²) in [6, 6.07) is 0.586. The number of rotatable bonds is 6. The molecule has 0 spiro atoms. The second kappa shape index (κ2) is 6.75. The van der Waals surface area contributed by atoms with Crippen molar-refractivity contribution < 1.29 is 4.74 Å². The van der Waals surface area contributed by atoms with Crippen LogP contribution >= 0.6 is 0 Å². The Morgan fingerprint density at radius 1 is 1.18 bits per heavy atom. The Kier molecular flexibility index (Phi) is 5.94. The van der Waals surface area contributed by atoms with Gasteiger partial charge in [0.1, 0.15) is 0 Å². The lowest BCUT2D eigenvalue weighted by molar-refractivity contribution is 0.0397. The molecule has 1 atom stereocenters. The lowest BCUT2D eigenvalue weighted by Crippen LogP contribution is -2.41. The molecule has 0 aliphatic carbocycles. The predicted molar refractivity (Wildman–Crippen MR) is 74.2 cm³/mol. The summed E-state index contributed by atoms with van der Waals surface area (Å²) in [5, 5.41) is 3.63. The van der Waals surface area contributed by atoms with Crippen molar-refractivity contribution in [1.82, 2.24) is 5.32 Å². The van der Waals surface area contributed by atoms with Crippen LogP contribution in [0, 0.1) is 17.3 Å². The van der Waals surface area contributed by atoms with Gasteiger partial charge in [-0.1, -0.05) is 34.6 Å². The standard InChI is InChI=1S/C15H31NO/c1-12(2)15(5,11-16-13(3)4)10-14-6-8-17-9-7-14/h12-14,16H,6-11H2,1-5H3. The largest absolute Gasteiger partial charge is 0.381 e. The molecule has 2 heteroatoms. The molecule has 2 nitrogen and oxygen atoms in total. The highest BCUT2D eigenvalue weighted by Crippen LogP contribution is 2.36. The van der Waals surface area contributed by atoms with Gasteiger partial charge in [-0.15, -0.1) is 0 Å². The van der Waals surface area contributed by atoms with Gasteiger partial charge >= 0.3 is 0 Å². The third-order valence-corrected chi connectivity index (χ3v) is 4.40. The van der Waals surface area contributed by atoms with Crippen molar-refractivity contribution in [3.63, 3.8) is 0 Å². The zero-order valence-electron chi connectivity index (χ0n) is 12.4. The summed E-state index contributed by atoms with van der Waals surface area (Å²) >= 11 is 0. The molecule has 0 amide bonds. The molecule has 0 radical (unpaired) electrons. The predicted octanol–water partition coefficient (Wildman–Crippen LogP) is 3.46. The zero-order chi connectivity index (χ0) is 12.9. The van der Waals surface area contributed by atoms with E-state index in [0.29, 0.717) is 11.5 Å². The first kappa shape index (κ1) is 15.0. The lowest BCUT2D eigenvalue weighted by Gasteiger charge is -2.39. The summed E-state index contributed by atoms with van der Waals surface area (Å²) in [4.78, 5) is 0. The minimum Gasteiger partial charge on any atom is -0.381 e. The average Bonchev–Trinajstić information content (AvgIpc) is 2.27. The summed E-state index contributed by atoms with van der Waals surface area (Å²) in [6.45, 7) is 14.7. The molecular formula is C15H31NO. The van der Waals surface area contributed by atoms with Gasteiger partial charge in [-0.25, -0.2) is 0 Å². The van der Waals surface area contributed by atoms with Crippen LogP contribution in [-0.4, -0.2) is 25.8 Å². The third kappa shape index (κ3) is 4.97. The number of hydrogen-bond acceptors (Lipinski definition) is 2. The van der Waals surface area contributed by atoms with Crippen LogP contribution in [0.25, 0.3) is 0 Å². The van der Waals surface area contributed by atoms with Crippen LogP contribution in [0.4, 0.5) is 0 Å². The van der Waals surface area contributed by atoms with Crippen LogP contribution in [-0.2, 0) is 4.74 Å². The summed E-state index contributed by atoms with van der Waals surface area (Å²) in [6.07, 6.45) is 3.85. The average molecular weight is 241 g/mol. The zero-order valence-corrected chi connectivity index (χ0v) is 12.4. The van der Waals surface area contributed by atoms with Crippen molar-refractivity contribution in [2.24, 2.45) is 17.3 Å². The van der Waals surface area contributed by atoms with E-state index in [0.717, 1.165) is 31.6 Å². The van der Waals surface area contributed by atoms with Gasteiger partial charge in [-0.3, -0.25) is 0 Å². The van der Waals surface area contributed by atoms with E-state index in [4.69, 9.17) is 4.74 Å². The van der Waals surface area contributed by atoms with Crippen molar-refractivity contribution in [3.05, 3.63) is 0 Å². The summed E-state index contributed by atoms with van der Waals surface area (Å²) in [7, 11) is 0. The normalized spacial score (nSPS) is 22.1. The van der Waals surface area contributed by atoms with Gasteiger partial charge in [0.15, 0.2) is 0 Å². The third-order valence-electron chi connectivity index (χ3n) is 4.40. The Hall–Kier alpha value is -0.0800. The number of ether oxygens (including phenoxy) is 1. The molecule has 1 unspecified atom stereocenters. The highest BCUT2D eigenvalue weighted by atomic mass is 16.5. The van der Waals surface area contributed by atoms with Crippen molar-refractivity contribution in [1.29, 1.82) is 0 Å². The molecule has 0 bridgehead atoms. The van der Waals surface area contributed by atoms with Crippen LogP contribution in [0.1, 0.15) is 53.9 Å². The maximum Gasteiger partial charge on any atom is 0.0468 e. The highest BCUT2D eigenvalue weighted by Gasteiger charge is 2.32. The van der Waals surface area contributed by atoms with E-state index in [1.807, 2.05) is 0 Å². The van der Waals surface area contributed by atoms with Gasteiger partial charge in [-0.2, -0.15) is 0 Å². The second-order valence-electron chi connectivity index (χ2n) is 6.60. The molecule has 0 aromatic heterocycles. The van der Waals surface area contributed by atoms with E-state index in [2.05, 4.69) is 39.9 Å². The topological polar surface area (TPSA) is 21.3 Å². The number of nitrogens with one attached hydrogen (secondary N) is 1. The first-order valence-electron chi connectivity index (χ1n) is 7.25. The Labute approximate surface area is 108 Å². The van der Waals surface area contributed by atoms with Crippen LogP contribution in [0.2, 0.25) is 0 Å². The maximum absolute atomic E-state index is 5.46. The molecule has 102 valence electrons. The lowest BCUT2D eigenvalue weighted by atomic mass is 9.71. The maximum atomic E-state index is 5.46. The van der Waals surface area contributed by atoms with Gasteiger partial charge in [0.2, 0.25) is 0 Å². The first-order chi connectivity index (χ1) is 7.94. The SMILES string of the molecule is CC(C)NCC(C)(CC1CCOCC1)C(C)C. The molecule has 1 rings (SSSR count). The van der Waals surface area contributed by atoms with Crippen molar-refractivity contribution in [3.8, 4) is 0 Å². The molecule has 0 aromatic carbocycles. The molecule has 1 aliphatic rings. The van der Waals surface area contributed by atoms with Gasteiger partial charge in [0.25, 0.3) is 0 Å². The monoisotopic (exact) mass is 241 g/mol. The second-order valence-corrected chi connectivity index (χ2v) is 6.60. The smallest absolute Gasteiger partial charge is 0.0468 e. The molecule has 1 saturated heterocycles. The van der Waals surface area contributed by atoms with Crippen LogP contribution in [0.3, 0.4) is 0 Å². The van der Waals surface area contributed by atoms with Crippen molar-refractivity contribution in [2.75, 3.05) is 19.8 Å². The Bertz CT molecular complexity index is 209. The van der Waals surface area contributed by atoms with E-state index in [9.17, 15) is 0 Å². The van der Waals surface area contributed by atoms with E-state index in [-0.39, 0.29) is 0 Å². The van der Waals surface area contributed by atoms with Crippen LogP contribution in [0.5, 0.6) is 0 Å².